The molecule has 3 N–H and O–H groups in total. The molecule has 1 fully saturated rings. The maximum atomic E-state index is 12.2. The summed E-state index contributed by atoms with van der Waals surface area (Å²) in [5, 5.41) is 2.93. The van der Waals surface area contributed by atoms with Gasteiger partial charge in [0, 0.05) is 17.1 Å². The van der Waals surface area contributed by atoms with E-state index in [0.717, 1.165) is 23.1 Å². The lowest BCUT2D eigenvalue weighted by molar-refractivity contribution is 0.0901. The van der Waals surface area contributed by atoms with E-state index in [4.69, 9.17) is 14.9 Å². The molecule has 5 nitrogen and oxygen atoms in total. The van der Waals surface area contributed by atoms with Crippen molar-refractivity contribution in [2.45, 2.75) is 25.5 Å². The van der Waals surface area contributed by atoms with Crippen LogP contribution in [0.25, 0.3) is 0 Å². The second-order valence-electron chi connectivity index (χ2n) is 5.66. The van der Waals surface area contributed by atoms with Gasteiger partial charge in [0.2, 0.25) is 0 Å². The largest absolute Gasteiger partial charge is 0.486 e. The summed E-state index contributed by atoms with van der Waals surface area (Å²) in [6.07, 6.45) is 2.26. The molecular weight excluding hydrogens is 360 g/mol. The number of nitrogens with one attached hydrogen (secondary N) is 1. The smallest absolute Gasteiger partial charge is 0.287 e. The summed E-state index contributed by atoms with van der Waals surface area (Å²) in [5.74, 6) is 1.93. The van der Waals surface area contributed by atoms with Gasteiger partial charge in [-0.3, -0.25) is 4.79 Å². The van der Waals surface area contributed by atoms with Gasteiger partial charge in [0.1, 0.15) is 18.1 Å². The highest BCUT2D eigenvalue weighted by molar-refractivity contribution is 9.10. The van der Waals surface area contributed by atoms with Gasteiger partial charge in [0.05, 0.1) is 0 Å². The van der Waals surface area contributed by atoms with Gasteiger partial charge < -0.3 is 20.2 Å². The SMILES string of the molecule is NCC(NC(=O)c1ccc(COc2ccc(Br)cc2)o1)C1CC1. The molecule has 2 aromatic rings. The molecular formula is C17H19BrN2O3. The molecule has 0 spiro atoms. The van der Waals surface area contributed by atoms with Crippen molar-refractivity contribution >= 4 is 21.8 Å². The van der Waals surface area contributed by atoms with Crippen molar-refractivity contribution in [1.29, 1.82) is 0 Å². The molecule has 1 saturated carbocycles. The number of carbonyl (C=O) groups is 1. The van der Waals surface area contributed by atoms with E-state index in [2.05, 4.69) is 21.2 Å². The first-order valence-corrected chi connectivity index (χ1v) is 8.43. The average molecular weight is 379 g/mol. The number of halogens is 1. The molecule has 6 heteroatoms. The third kappa shape index (κ3) is 4.36. The minimum absolute atomic E-state index is 0.0371. The molecule has 3 rings (SSSR count). The summed E-state index contributed by atoms with van der Waals surface area (Å²) < 4.78 is 12.2. The van der Waals surface area contributed by atoms with Crippen molar-refractivity contribution in [3.8, 4) is 5.75 Å². The zero-order chi connectivity index (χ0) is 16.2. The first-order chi connectivity index (χ1) is 11.2. The molecule has 1 aromatic carbocycles. The normalized spacial score (nSPS) is 15.2. The quantitative estimate of drug-likeness (QED) is 0.775. The lowest BCUT2D eigenvalue weighted by Gasteiger charge is -2.14. The highest BCUT2D eigenvalue weighted by Crippen LogP contribution is 2.32. The molecule has 1 aromatic heterocycles. The van der Waals surface area contributed by atoms with Crippen LogP contribution in [0.5, 0.6) is 5.75 Å². The summed E-state index contributed by atoms with van der Waals surface area (Å²) in [5.41, 5.74) is 5.70. The Morgan fingerprint density at radius 2 is 2.04 bits per heavy atom. The van der Waals surface area contributed by atoms with Crippen LogP contribution in [-0.4, -0.2) is 18.5 Å². The van der Waals surface area contributed by atoms with Gasteiger partial charge >= 0.3 is 0 Å². The third-order valence-corrected chi connectivity index (χ3v) is 4.37. The zero-order valence-corrected chi connectivity index (χ0v) is 14.2. The van der Waals surface area contributed by atoms with E-state index in [1.807, 2.05) is 24.3 Å². The first kappa shape index (κ1) is 16.1. The molecule has 1 aliphatic rings. The van der Waals surface area contributed by atoms with E-state index in [0.29, 0.717) is 24.0 Å². The predicted molar refractivity (Wildman–Crippen MR) is 90.2 cm³/mol. The van der Waals surface area contributed by atoms with Gasteiger partial charge in [-0.15, -0.1) is 0 Å². The number of rotatable bonds is 7. The maximum Gasteiger partial charge on any atom is 0.287 e. The van der Waals surface area contributed by atoms with Gasteiger partial charge in [0.25, 0.3) is 5.91 Å². The van der Waals surface area contributed by atoms with Crippen molar-refractivity contribution in [2.75, 3.05) is 6.54 Å². The number of nitrogens with two attached hydrogens (primary N) is 1. The third-order valence-electron chi connectivity index (χ3n) is 3.84. The molecule has 1 unspecified atom stereocenters. The van der Waals surface area contributed by atoms with E-state index in [9.17, 15) is 4.79 Å². The van der Waals surface area contributed by atoms with Crippen LogP contribution in [-0.2, 0) is 6.61 Å². The molecule has 0 bridgehead atoms. The van der Waals surface area contributed by atoms with Crippen LogP contribution in [0, 0.1) is 5.92 Å². The number of furan rings is 1. The average Bonchev–Trinajstić information content (AvgIpc) is 3.29. The Labute approximate surface area is 143 Å². The molecule has 0 radical (unpaired) electrons. The molecule has 0 saturated heterocycles. The second kappa shape index (κ2) is 7.19. The monoisotopic (exact) mass is 378 g/mol. The van der Waals surface area contributed by atoms with Crippen molar-refractivity contribution < 1.29 is 13.9 Å². The van der Waals surface area contributed by atoms with E-state index in [1.165, 1.54) is 0 Å². The number of amides is 1. The molecule has 1 aliphatic carbocycles. The summed E-state index contributed by atoms with van der Waals surface area (Å²) in [7, 11) is 0. The highest BCUT2D eigenvalue weighted by Gasteiger charge is 2.31. The molecule has 1 atom stereocenters. The Balaban J connectivity index is 1.54. The van der Waals surface area contributed by atoms with E-state index >= 15 is 0 Å². The number of ether oxygens (including phenoxy) is 1. The van der Waals surface area contributed by atoms with Crippen LogP contribution in [0.2, 0.25) is 0 Å². The molecule has 0 aliphatic heterocycles. The second-order valence-corrected chi connectivity index (χ2v) is 6.58. The topological polar surface area (TPSA) is 77.5 Å². The number of hydrogen-bond acceptors (Lipinski definition) is 4. The summed E-state index contributed by atoms with van der Waals surface area (Å²) in [6.45, 7) is 0.731. The minimum Gasteiger partial charge on any atom is -0.486 e. The first-order valence-electron chi connectivity index (χ1n) is 7.63. The Morgan fingerprint density at radius 3 is 2.70 bits per heavy atom. The molecule has 1 amide bonds. The minimum atomic E-state index is -0.220. The van der Waals surface area contributed by atoms with Crippen LogP contribution < -0.4 is 15.8 Å². The fourth-order valence-electron chi connectivity index (χ4n) is 2.37. The van der Waals surface area contributed by atoms with E-state index < -0.39 is 0 Å². The predicted octanol–water partition coefficient (Wildman–Crippen LogP) is 3.09. The summed E-state index contributed by atoms with van der Waals surface area (Å²) in [6, 6.07) is 11.0. The Bertz CT molecular complexity index is 665. The molecule has 23 heavy (non-hydrogen) atoms. The van der Waals surface area contributed by atoms with Gasteiger partial charge in [0.15, 0.2) is 5.76 Å². The fourth-order valence-corrected chi connectivity index (χ4v) is 2.63. The van der Waals surface area contributed by atoms with Crippen LogP contribution in [0.4, 0.5) is 0 Å². The number of benzene rings is 1. The van der Waals surface area contributed by atoms with Gasteiger partial charge in [-0.25, -0.2) is 0 Å². The van der Waals surface area contributed by atoms with Gasteiger partial charge in [-0.2, -0.15) is 0 Å². The van der Waals surface area contributed by atoms with Crippen LogP contribution >= 0.6 is 15.9 Å². The fraction of sp³-hybridized carbons (Fsp3) is 0.353. The zero-order valence-electron chi connectivity index (χ0n) is 12.6. The Kier molecular flexibility index (Phi) is 5.03. The van der Waals surface area contributed by atoms with Crippen molar-refractivity contribution in [3.05, 3.63) is 52.4 Å². The summed E-state index contributed by atoms with van der Waals surface area (Å²) in [4.78, 5) is 12.2. The van der Waals surface area contributed by atoms with Crippen molar-refractivity contribution in [1.82, 2.24) is 5.32 Å². The van der Waals surface area contributed by atoms with Crippen LogP contribution in [0.15, 0.2) is 45.3 Å². The van der Waals surface area contributed by atoms with Crippen molar-refractivity contribution in [3.63, 3.8) is 0 Å². The molecule has 122 valence electrons. The summed E-state index contributed by atoms with van der Waals surface area (Å²) >= 11 is 3.37. The standard InChI is InChI=1S/C17H19BrN2O3/c18-12-3-5-13(6-4-12)22-10-14-7-8-16(23-14)17(21)20-15(9-19)11-1-2-11/h3-8,11,15H,1-2,9-10,19H2,(H,20,21). The van der Waals surface area contributed by atoms with E-state index in [-0.39, 0.29) is 18.6 Å². The van der Waals surface area contributed by atoms with Gasteiger partial charge in [-0.1, -0.05) is 15.9 Å². The highest BCUT2D eigenvalue weighted by atomic mass is 79.9. The number of carbonyl (C=O) groups excluding carboxylic acids is 1. The Hall–Kier alpha value is -1.79. The lowest BCUT2D eigenvalue weighted by Crippen LogP contribution is -2.41. The van der Waals surface area contributed by atoms with Crippen LogP contribution in [0.3, 0.4) is 0 Å². The molecule has 1 heterocycles. The van der Waals surface area contributed by atoms with Crippen LogP contribution in [0.1, 0.15) is 29.2 Å². The lowest BCUT2D eigenvalue weighted by atomic mass is 10.2. The Morgan fingerprint density at radius 1 is 1.30 bits per heavy atom. The van der Waals surface area contributed by atoms with Gasteiger partial charge in [-0.05, 0) is 55.2 Å². The van der Waals surface area contributed by atoms with Crippen molar-refractivity contribution in [2.24, 2.45) is 11.7 Å². The maximum absolute atomic E-state index is 12.2. The number of hydrogen-bond donors (Lipinski definition) is 2. The van der Waals surface area contributed by atoms with E-state index in [1.54, 1.807) is 12.1 Å².